The number of thioether (sulfide) groups is 1. The summed E-state index contributed by atoms with van der Waals surface area (Å²) in [6, 6.07) is 0. The lowest BCUT2D eigenvalue weighted by Gasteiger charge is -2.25. The second kappa shape index (κ2) is 10.9. The van der Waals surface area contributed by atoms with E-state index in [4.69, 9.17) is 16.5 Å². The van der Waals surface area contributed by atoms with Gasteiger partial charge < -0.3 is 15.3 Å². The molecule has 1 saturated carbocycles. The van der Waals surface area contributed by atoms with E-state index in [1.54, 1.807) is 18.7 Å². The molecule has 29 heavy (non-hydrogen) atoms. The van der Waals surface area contributed by atoms with Crippen molar-refractivity contribution < 1.29 is 20.1 Å². The van der Waals surface area contributed by atoms with Gasteiger partial charge in [-0.2, -0.15) is 0 Å². The minimum Gasteiger partial charge on any atom is -0.481 e. The zero-order valence-corrected chi connectivity index (χ0v) is 19.7. The summed E-state index contributed by atoms with van der Waals surface area (Å²) in [5, 5.41) is 30.9. The SMILES string of the molecule is C#CC12CC(O)C(C(I)=CC(O)C(C)CC#CC)C1CC(SCCCC(=O)O)=N2. The Kier molecular flexibility index (Phi) is 9.09. The number of rotatable bonds is 8. The van der Waals surface area contributed by atoms with Crippen LogP contribution in [0.25, 0.3) is 0 Å². The number of nitrogens with zero attached hydrogens (tertiary/aromatic N) is 1. The fourth-order valence-electron chi connectivity index (χ4n) is 3.94. The molecule has 6 atom stereocenters. The minimum atomic E-state index is -0.795. The summed E-state index contributed by atoms with van der Waals surface area (Å²) < 4.78 is 0.911. The molecule has 0 spiro atoms. The summed E-state index contributed by atoms with van der Waals surface area (Å²) in [5.41, 5.74) is -0.715. The van der Waals surface area contributed by atoms with E-state index < -0.39 is 23.7 Å². The Morgan fingerprint density at radius 3 is 2.90 bits per heavy atom. The molecule has 0 aromatic carbocycles. The molecule has 0 aromatic heterocycles. The number of carbonyl (C=O) groups is 1. The molecular weight excluding hydrogens is 501 g/mol. The van der Waals surface area contributed by atoms with Crippen molar-refractivity contribution in [2.24, 2.45) is 22.7 Å². The van der Waals surface area contributed by atoms with Crippen LogP contribution in [-0.2, 0) is 4.79 Å². The molecule has 0 bridgehead atoms. The average molecular weight is 529 g/mol. The molecule has 3 N–H and O–H groups in total. The molecule has 158 valence electrons. The Balaban J connectivity index is 2.10. The number of terminal acetylenes is 1. The number of carboxylic acids is 1. The lowest BCUT2D eigenvalue weighted by Crippen LogP contribution is -2.28. The van der Waals surface area contributed by atoms with Gasteiger partial charge in [-0.05, 0) is 57.3 Å². The third-order valence-electron chi connectivity index (χ3n) is 5.59. The standard InChI is InChI=1S/C22H28INO4S/c1-4-6-8-14(3)17(25)12-16(23)21-15-11-19(29-10-7-9-20(27)28)24-22(15,5-2)13-18(21)26/h2,12,14-15,17-18,21,25-26H,7-11,13H2,1,3H3,(H,27,28). The minimum absolute atomic E-state index is 0.00309. The molecule has 0 aromatic rings. The van der Waals surface area contributed by atoms with Crippen molar-refractivity contribution in [3.63, 3.8) is 0 Å². The van der Waals surface area contributed by atoms with E-state index in [0.29, 0.717) is 31.4 Å². The maximum atomic E-state index is 10.7. The molecule has 1 aliphatic carbocycles. The summed E-state index contributed by atoms with van der Waals surface area (Å²) in [4.78, 5) is 15.5. The molecule has 2 aliphatic rings. The largest absolute Gasteiger partial charge is 0.481 e. The predicted molar refractivity (Wildman–Crippen MR) is 126 cm³/mol. The number of fused-ring (bicyclic) bond motifs is 1. The summed E-state index contributed by atoms with van der Waals surface area (Å²) >= 11 is 3.77. The first kappa shape index (κ1) is 24.3. The Morgan fingerprint density at radius 2 is 2.28 bits per heavy atom. The number of aliphatic carboxylic acids is 1. The lowest BCUT2D eigenvalue weighted by molar-refractivity contribution is -0.137. The topological polar surface area (TPSA) is 90.1 Å². The normalized spacial score (nSPS) is 30.6. The van der Waals surface area contributed by atoms with E-state index in [1.165, 1.54) is 0 Å². The molecule has 1 fully saturated rings. The highest BCUT2D eigenvalue weighted by Crippen LogP contribution is 2.53. The lowest BCUT2D eigenvalue weighted by atomic mass is 9.83. The van der Waals surface area contributed by atoms with Crippen molar-refractivity contribution in [2.75, 3.05) is 5.75 Å². The number of halogens is 1. The molecular formula is C22H28INO4S. The first-order valence-electron chi connectivity index (χ1n) is 9.78. The summed E-state index contributed by atoms with van der Waals surface area (Å²) in [6.45, 7) is 3.74. The Bertz CT molecular complexity index is 778. The summed E-state index contributed by atoms with van der Waals surface area (Å²) in [7, 11) is 0. The van der Waals surface area contributed by atoms with E-state index in [2.05, 4.69) is 40.4 Å². The maximum absolute atomic E-state index is 10.7. The van der Waals surface area contributed by atoms with Gasteiger partial charge in [-0.1, -0.05) is 12.8 Å². The molecule has 0 amide bonds. The number of aliphatic imine (C=N–C) groups is 1. The maximum Gasteiger partial charge on any atom is 0.303 e. The second-order valence-corrected chi connectivity index (χ2v) is 10.1. The van der Waals surface area contributed by atoms with Crippen LogP contribution in [0.3, 0.4) is 0 Å². The number of hydrogen-bond donors (Lipinski definition) is 3. The molecule has 0 saturated heterocycles. The monoisotopic (exact) mass is 529 g/mol. The fourth-order valence-corrected chi connectivity index (χ4v) is 6.21. The van der Waals surface area contributed by atoms with Gasteiger partial charge in [0.2, 0.25) is 0 Å². The van der Waals surface area contributed by atoms with Gasteiger partial charge in [-0.15, -0.1) is 30.0 Å². The summed E-state index contributed by atoms with van der Waals surface area (Å²) in [6.07, 6.45) is 8.87. The molecule has 1 aliphatic heterocycles. The van der Waals surface area contributed by atoms with Crippen molar-refractivity contribution in [1.29, 1.82) is 0 Å². The van der Waals surface area contributed by atoms with Gasteiger partial charge in [0.25, 0.3) is 0 Å². The van der Waals surface area contributed by atoms with Crippen LogP contribution in [0.15, 0.2) is 14.6 Å². The van der Waals surface area contributed by atoms with Crippen LogP contribution in [0.5, 0.6) is 0 Å². The van der Waals surface area contributed by atoms with Crippen molar-refractivity contribution in [3.05, 3.63) is 9.66 Å². The van der Waals surface area contributed by atoms with Gasteiger partial charge in [-0.3, -0.25) is 9.79 Å². The first-order valence-corrected chi connectivity index (χ1v) is 11.8. The van der Waals surface area contributed by atoms with Crippen molar-refractivity contribution >= 4 is 45.4 Å². The smallest absolute Gasteiger partial charge is 0.303 e. The third-order valence-corrected chi connectivity index (χ3v) is 7.75. The predicted octanol–water partition coefficient (Wildman–Crippen LogP) is 3.48. The number of hydrogen-bond acceptors (Lipinski definition) is 5. The van der Waals surface area contributed by atoms with Crippen LogP contribution in [0.1, 0.15) is 46.0 Å². The van der Waals surface area contributed by atoms with Gasteiger partial charge in [0.15, 0.2) is 0 Å². The fraction of sp³-hybridized carbons (Fsp3) is 0.636. The Morgan fingerprint density at radius 1 is 1.55 bits per heavy atom. The van der Waals surface area contributed by atoms with E-state index in [-0.39, 0.29) is 24.2 Å². The highest BCUT2D eigenvalue weighted by atomic mass is 127. The van der Waals surface area contributed by atoms with Crippen LogP contribution >= 0.6 is 34.4 Å². The Labute approximate surface area is 191 Å². The van der Waals surface area contributed by atoms with Crippen LogP contribution in [0.2, 0.25) is 0 Å². The van der Waals surface area contributed by atoms with E-state index >= 15 is 0 Å². The van der Waals surface area contributed by atoms with Gasteiger partial charge in [0.1, 0.15) is 5.54 Å². The van der Waals surface area contributed by atoms with Crippen LogP contribution in [0, 0.1) is 41.9 Å². The first-order chi connectivity index (χ1) is 13.7. The number of aliphatic hydroxyl groups is 2. The number of carboxylic acid groups (broad SMARTS) is 1. The second-order valence-electron chi connectivity index (χ2n) is 7.68. The van der Waals surface area contributed by atoms with Gasteiger partial charge in [0, 0.05) is 37.5 Å². The van der Waals surface area contributed by atoms with Crippen molar-refractivity contribution in [1.82, 2.24) is 0 Å². The summed E-state index contributed by atoms with van der Waals surface area (Å²) in [5.74, 6) is 8.40. The van der Waals surface area contributed by atoms with Gasteiger partial charge in [-0.25, -0.2) is 0 Å². The van der Waals surface area contributed by atoms with Gasteiger partial charge >= 0.3 is 5.97 Å². The zero-order chi connectivity index (χ0) is 21.6. The van der Waals surface area contributed by atoms with Crippen LogP contribution in [-0.4, -0.2) is 49.8 Å². The van der Waals surface area contributed by atoms with Crippen molar-refractivity contribution in [2.45, 2.75) is 63.7 Å². The highest BCUT2D eigenvalue weighted by Gasteiger charge is 2.56. The Hall–Kier alpha value is -1.00. The van der Waals surface area contributed by atoms with E-state index in [0.717, 1.165) is 8.62 Å². The van der Waals surface area contributed by atoms with Gasteiger partial charge in [0.05, 0.1) is 17.3 Å². The third kappa shape index (κ3) is 6.01. The average Bonchev–Trinajstić information content (AvgIpc) is 3.14. The quantitative estimate of drug-likeness (QED) is 0.255. The van der Waals surface area contributed by atoms with E-state index in [1.807, 2.05) is 13.0 Å². The highest BCUT2D eigenvalue weighted by molar-refractivity contribution is 14.1. The zero-order valence-electron chi connectivity index (χ0n) is 16.8. The number of aliphatic hydroxyl groups excluding tert-OH is 2. The molecule has 0 radical (unpaired) electrons. The molecule has 6 unspecified atom stereocenters. The van der Waals surface area contributed by atoms with E-state index in [9.17, 15) is 15.0 Å². The molecule has 2 rings (SSSR count). The van der Waals surface area contributed by atoms with Crippen molar-refractivity contribution in [3.8, 4) is 24.2 Å². The van der Waals surface area contributed by atoms with Crippen LogP contribution in [0.4, 0.5) is 0 Å². The molecule has 7 heteroatoms. The molecule has 5 nitrogen and oxygen atoms in total. The van der Waals surface area contributed by atoms with Crippen LogP contribution < -0.4 is 0 Å². The molecule has 1 heterocycles.